The van der Waals surface area contributed by atoms with Crippen LogP contribution in [-0.2, 0) is 19.7 Å². The first-order chi connectivity index (χ1) is 10.1. The number of ether oxygens (including phenoxy) is 2. The summed E-state index contributed by atoms with van der Waals surface area (Å²) in [7, 11) is 1.94. The Morgan fingerprint density at radius 1 is 1.23 bits per heavy atom. The van der Waals surface area contributed by atoms with E-state index in [1.54, 1.807) is 0 Å². The van der Waals surface area contributed by atoms with Crippen LogP contribution in [0.5, 0.6) is 0 Å². The van der Waals surface area contributed by atoms with Crippen molar-refractivity contribution in [2.45, 2.75) is 32.1 Å². The molecule has 1 unspecified atom stereocenters. The predicted octanol–water partition coefficient (Wildman–Crippen LogP) is 2.95. The van der Waals surface area contributed by atoms with E-state index in [9.17, 15) is 4.79 Å². The van der Waals surface area contributed by atoms with Crippen LogP contribution in [0.15, 0.2) is 30.3 Å². The Balaban J connectivity index is 0.00000441. The topological polar surface area (TPSA) is 47.6 Å². The van der Waals surface area contributed by atoms with Crippen molar-refractivity contribution < 1.29 is 14.3 Å². The van der Waals surface area contributed by atoms with Crippen LogP contribution < -0.4 is 5.32 Å². The lowest BCUT2D eigenvalue weighted by atomic mass is 9.83. The van der Waals surface area contributed by atoms with Gasteiger partial charge < -0.3 is 14.8 Å². The summed E-state index contributed by atoms with van der Waals surface area (Å²) in [6, 6.07) is 9.69. The van der Waals surface area contributed by atoms with Crippen LogP contribution in [-0.4, -0.2) is 39.4 Å². The summed E-state index contributed by atoms with van der Waals surface area (Å²) in [5.41, 5.74) is 0.180. The van der Waals surface area contributed by atoms with Gasteiger partial charge in [-0.25, -0.2) is 0 Å². The molecule has 126 valence electrons. The highest BCUT2D eigenvalue weighted by Crippen LogP contribution is 2.26. The summed E-state index contributed by atoms with van der Waals surface area (Å²) in [5, 5.41) is 3.11. The zero-order valence-electron chi connectivity index (χ0n) is 13.8. The fraction of sp³-hybridized carbons (Fsp3) is 0.588. The smallest absolute Gasteiger partial charge is 0.318 e. The number of hydrogen-bond donors (Lipinski definition) is 1. The maximum absolute atomic E-state index is 12.3. The number of carbonyl (C=O) groups is 1. The molecule has 1 aromatic rings. The maximum Gasteiger partial charge on any atom is 0.318 e. The molecule has 0 aliphatic rings. The van der Waals surface area contributed by atoms with Gasteiger partial charge in [-0.15, -0.1) is 12.4 Å². The molecule has 1 N–H and O–H groups in total. The quantitative estimate of drug-likeness (QED) is 0.529. The molecule has 0 saturated heterocycles. The van der Waals surface area contributed by atoms with Gasteiger partial charge in [-0.05, 0) is 45.8 Å². The largest absolute Gasteiger partial charge is 0.465 e. The molecular weight excluding hydrogens is 302 g/mol. The fourth-order valence-electron chi connectivity index (χ4n) is 2.14. The summed E-state index contributed by atoms with van der Waals surface area (Å²) in [6.45, 7) is 6.06. The lowest BCUT2D eigenvalue weighted by Crippen LogP contribution is -2.39. The number of hydrogen-bond acceptors (Lipinski definition) is 4. The molecule has 0 spiro atoms. The molecule has 1 aromatic carbocycles. The van der Waals surface area contributed by atoms with Gasteiger partial charge in [0.25, 0.3) is 0 Å². The van der Waals surface area contributed by atoms with E-state index in [4.69, 9.17) is 9.47 Å². The summed E-state index contributed by atoms with van der Waals surface area (Å²) in [4.78, 5) is 12.3. The van der Waals surface area contributed by atoms with Crippen molar-refractivity contribution >= 4 is 18.4 Å². The van der Waals surface area contributed by atoms with E-state index in [1.165, 1.54) is 0 Å². The van der Waals surface area contributed by atoms with E-state index >= 15 is 0 Å². The first-order valence-electron chi connectivity index (χ1n) is 7.60. The highest BCUT2D eigenvalue weighted by Gasteiger charge is 2.37. The molecule has 5 heteroatoms. The second kappa shape index (κ2) is 11.5. The zero-order chi connectivity index (χ0) is 15.6. The summed E-state index contributed by atoms with van der Waals surface area (Å²) in [5.74, 6) is -0.230. The Labute approximate surface area is 140 Å². The number of unbranched alkanes of at least 4 members (excludes halogenated alkanes) is 1. The van der Waals surface area contributed by atoms with E-state index in [-0.39, 0.29) is 18.4 Å². The second-order valence-corrected chi connectivity index (χ2v) is 5.28. The molecule has 1 atom stereocenters. The Hall–Kier alpha value is -1.10. The minimum Gasteiger partial charge on any atom is -0.465 e. The molecule has 0 aliphatic heterocycles. The predicted molar refractivity (Wildman–Crippen MR) is 91.7 cm³/mol. The van der Waals surface area contributed by atoms with Gasteiger partial charge >= 0.3 is 5.97 Å². The number of carbonyl (C=O) groups excluding carboxylic acids is 1. The average Bonchev–Trinajstić information content (AvgIpc) is 2.51. The first-order valence-corrected chi connectivity index (χ1v) is 7.60. The number of rotatable bonds is 10. The van der Waals surface area contributed by atoms with Gasteiger partial charge in [-0.3, -0.25) is 4.79 Å². The lowest BCUT2D eigenvalue weighted by molar-refractivity contribution is -0.152. The van der Waals surface area contributed by atoms with Crippen molar-refractivity contribution in [3.63, 3.8) is 0 Å². The van der Waals surface area contributed by atoms with Crippen molar-refractivity contribution in [1.82, 2.24) is 5.32 Å². The van der Waals surface area contributed by atoms with Crippen LogP contribution >= 0.6 is 12.4 Å². The lowest BCUT2D eigenvalue weighted by Gasteiger charge is -2.27. The van der Waals surface area contributed by atoms with Crippen LogP contribution in [0.25, 0.3) is 0 Å². The Kier molecular flexibility index (Phi) is 10.9. The van der Waals surface area contributed by atoms with Gasteiger partial charge in [0.15, 0.2) is 0 Å². The van der Waals surface area contributed by atoms with Crippen LogP contribution in [0.4, 0.5) is 0 Å². The molecule has 0 radical (unpaired) electrons. The molecule has 22 heavy (non-hydrogen) atoms. The molecule has 1 rings (SSSR count). The summed E-state index contributed by atoms with van der Waals surface area (Å²) >= 11 is 0. The second-order valence-electron chi connectivity index (χ2n) is 5.28. The van der Waals surface area contributed by atoms with Crippen LogP contribution in [0.2, 0.25) is 0 Å². The Morgan fingerprint density at radius 3 is 2.50 bits per heavy atom. The number of halogens is 1. The van der Waals surface area contributed by atoms with E-state index in [0.717, 1.165) is 24.9 Å². The van der Waals surface area contributed by atoms with Gasteiger partial charge in [-0.2, -0.15) is 0 Å². The van der Waals surface area contributed by atoms with Gasteiger partial charge in [0.1, 0.15) is 5.41 Å². The Morgan fingerprint density at radius 2 is 1.91 bits per heavy atom. The molecule has 4 nitrogen and oxygen atoms in total. The summed E-state index contributed by atoms with van der Waals surface area (Å²) < 4.78 is 11.0. The zero-order valence-corrected chi connectivity index (χ0v) is 14.6. The molecular formula is C17H28ClNO3. The normalized spacial score (nSPS) is 13.0. The van der Waals surface area contributed by atoms with Crippen molar-refractivity contribution in [3.8, 4) is 0 Å². The summed E-state index contributed by atoms with van der Waals surface area (Å²) in [6.07, 6.45) is 2.05. The fourth-order valence-corrected chi connectivity index (χ4v) is 2.14. The molecule has 0 aromatic heterocycles. The number of benzene rings is 1. The highest BCUT2D eigenvalue weighted by molar-refractivity contribution is 5.85. The van der Waals surface area contributed by atoms with E-state index < -0.39 is 5.41 Å². The molecule has 0 aliphatic carbocycles. The maximum atomic E-state index is 12.3. The van der Waals surface area contributed by atoms with Crippen molar-refractivity contribution in [2.24, 2.45) is 0 Å². The van der Waals surface area contributed by atoms with Gasteiger partial charge in [0.05, 0.1) is 13.2 Å². The third-order valence-corrected chi connectivity index (χ3v) is 3.49. The van der Waals surface area contributed by atoms with E-state index in [0.29, 0.717) is 19.8 Å². The molecule has 0 amide bonds. The van der Waals surface area contributed by atoms with E-state index in [1.807, 2.05) is 51.2 Å². The number of esters is 1. The monoisotopic (exact) mass is 329 g/mol. The average molecular weight is 330 g/mol. The van der Waals surface area contributed by atoms with Crippen molar-refractivity contribution in [3.05, 3.63) is 35.9 Å². The third-order valence-electron chi connectivity index (χ3n) is 3.49. The van der Waals surface area contributed by atoms with Crippen molar-refractivity contribution in [1.29, 1.82) is 0 Å². The SMILES string of the molecule is CCOC(=O)C(C)(COCCCCNC)c1ccccc1.Cl. The first kappa shape index (κ1) is 20.9. The van der Waals surface area contributed by atoms with Crippen LogP contribution in [0.1, 0.15) is 32.3 Å². The van der Waals surface area contributed by atoms with Crippen LogP contribution in [0, 0.1) is 0 Å². The number of nitrogens with one attached hydrogen (secondary N) is 1. The van der Waals surface area contributed by atoms with Gasteiger partial charge in [0, 0.05) is 6.61 Å². The highest BCUT2D eigenvalue weighted by atomic mass is 35.5. The molecule has 0 bridgehead atoms. The molecule has 0 heterocycles. The molecule has 0 saturated carbocycles. The minimum absolute atomic E-state index is 0. The van der Waals surface area contributed by atoms with Crippen LogP contribution in [0.3, 0.4) is 0 Å². The van der Waals surface area contributed by atoms with Gasteiger partial charge in [0.2, 0.25) is 0 Å². The van der Waals surface area contributed by atoms with Gasteiger partial charge in [-0.1, -0.05) is 30.3 Å². The standard InChI is InChI=1S/C17H27NO3.ClH/c1-4-21-16(19)17(2,15-10-6-5-7-11-15)14-20-13-9-8-12-18-3;/h5-7,10-11,18H,4,8-9,12-14H2,1-3H3;1H. The van der Waals surface area contributed by atoms with Crippen molar-refractivity contribution in [2.75, 3.05) is 33.4 Å². The Bertz CT molecular complexity index is 414. The third kappa shape index (κ3) is 6.34. The minimum atomic E-state index is -0.750. The molecule has 0 fully saturated rings. The van der Waals surface area contributed by atoms with E-state index in [2.05, 4.69) is 5.32 Å².